The standard InChI is InChI=1S/C9H17N3O2S/c1-3-7(2)10-4-8(13)6-14-9-5-11-15-12-9/h5,7-8,10,13H,3-4,6H2,1-2H3. The zero-order valence-corrected chi connectivity index (χ0v) is 9.83. The Morgan fingerprint density at radius 2 is 2.47 bits per heavy atom. The molecule has 1 aromatic rings. The molecule has 2 unspecified atom stereocenters. The van der Waals surface area contributed by atoms with E-state index in [-0.39, 0.29) is 6.61 Å². The molecule has 2 N–H and O–H groups in total. The van der Waals surface area contributed by atoms with Crippen molar-refractivity contribution in [2.75, 3.05) is 13.2 Å². The van der Waals surface area contributed by atoms with E-state index in [0.29, 0.717) is 18.5 Å². The van der Waals surface area contributed by atoms with Gasteiger partial charge in [0, 0.05) is 12.6 Å². The van der Waals surface area contributed by atoms with Crippen molar-refractivity contribution in [1.29, 1.82) is 0 Å². The normalized spacial score (nSPS) is 14.9. The largest absolute Gasteiger partial charge is 0.473 e. The zero-order chi connectivity index (χ0) is 11.1. The second-order valence-corrected chi connectivity index (χ2v) is 3.98. The van der Waals surface area contributed by atoms with Gasteiger partial charge in [0.1, 0.15) is 18.9 Å². The molecule has 0 fully saturated rings. The van der Waals surface area contributed by atoms with E-state index in [9.17, 15) is 5.11 Å². The lowest BCUT2D eigenvalue weighted by molar-refractivity contribution is 0.102. The quantitative estimate of drug-likeness (QED) is 0.722. The van der Waals surface area contributed by atoms with Crippen LogP contribution in [0.25, 0.3) is 0 Å². The molecule has 1 aromatic heterocycles. The summed E-state index contributed by atoms with van der Waals surface area (Å²) in [4.78, 5) is 0. The Kier molecular flexibility index (Phi) is 5.52. The summed E-state index contributed by atoms with van der Waals surface area (Å²) >= 11 is 1.09. The van der Waals surface area contributed by atoms with Crippen LogP contribution in [0, 0.1) is 0 Å². The average molecular weight is 231 g/mol. The maximum atomic E-state index is 9.56. The zero-order valence-electron chi connectivity index (χ0n) is 9.01. The van der Waals surface area contributed by atoms with Gasteiger partial charge in [0.2, 0.25) is 5.88 Å². The first kappa shape index (κ1) is 12.4. The Morgan fingerprint density at radius 3 is 3.07 bits per heavy atom. The van der Waals surface area contributed by atoms with E-state index in [1.165, 1.54) is 0 Å². The molecular weight excluding hydrogens is 214 g/mol. The van der Waals surface area contributed by atoms with E-state index in [1.54, 1.807) is 6.20 Å². The summed E-state index contributed by atoms with van der Waals surface area (Å²) in [6, 6.07) is 0.417. The number of aromatic nitrogens is 2. The van der Waals surface area contributed by atoms with Crippen LogP contribution in [-0.2, 0) is 0 Å². The first-order valence-corrected chi connectivity index (χ1v) is 5.77. The van der Waals surface area contributed by atoms with E-state index in [4.69, 9.17) is 4.74 Å². The molecule has 0 aromatic carbocycles. The Balaban J connectivity index is 2.11. The van der Waals surface area contributed by atoms with Crippen molar-refractivity contribution in [1.82, 2.24) is 14.1 Å². The van der Waals surface area contributed by atoms with Crippen LogP contribution in [0.2, 0.25) is 0 Å². The Morgan fingerprint density at radius 1 is 1.67 bits per heavy atom. The number of hydrogen-bond acceptors (Lipinski definition) is 6. The average Bonchev–Trinajstić information content (AvgIpc) is 2.75. The van der Waals surface area contributed by atoms with Gasteiger partial charge in [-0.3, -0.25) is 0 Å². The molecule has 0 bridgehead atoms. The number of rotatable bonds is 7. The van der Waals surface area contributed by atoms with E-state index in [0.717, 1.165) is 18.1 Å². The van der Waals surface area contributed by atoms with Crippen molar-refractivity contribution in [2.24, 2.45) is 0 Å². The molecule has 0 amide bonds. The molecule has 2 atom stereocenters. The monoisotopic (exact) mass is 231 g/mol. The summed E-state index contributed by atoms with van der Waals surface area (Å²) < 4.78 is 12.9. The summed E-state index contributed by atoms with van der Waals surface area (Å²) in [7, 11) is 0. The van der Waals surface area contributed by atoms with Crippen LogP contribution >= 0.6 is 11.7 Å². The lowest BCUT2D eigenvalue weighted by Gasteiger charge is -2.15. The van der Waals surface area contributed by atoms with Crippen LogP contribution in [0.15, 0.2) is 6.20 Å². The molecule has 15 heavy (non-hydrogen) atoms. The fourth-order valence-corrected chi connectivity index (χ4v) is 1.31. The van der Waals surface area contributed by atoms with E-state index in [1.807, 2.05) is 0 Å². The molecule has 1 heterocycles. The molecule has 0 aliphatic heterocycles. The highest BCUT2D eigenvalue weighted by atomic mass is 32.1. The van der Waals surface area contributed by atoms with E-state index < -0.39 is 6.10 Å². The fraction of sp³-hybridized carbons (Fsp3) is 0.778. The van der Waals surface area contributed by atoms with Crippen LogP contribution in [0.1, 0.15) is 20.3 Å². The minimum absolute atomic E-state index is 0.245. The van der Waals surface area contributed by atoms with Gasteiger partial charge in [0.05, 0.1) is 11.7 Å². The summed E-state index contributed by atoms with van der Waals surface area (Å²) in [5.41, 5.74) is 0. The molecule has 0 radical (unpaired) electrons. The molecule has 0 saturated heterocycles. The van der Waals surface area contributed by atoms with Gasteiger partial charge >= 0.3 is 0 Å². The third-order valence-corrected chi connectivity index (χ3v) is 2.54. The second kappa shape index (κ2) is 6.71. The lowest BCUT2D eigenvalue weighted by Crippen LogP contribution is -2.36. The Bertz CT molecular complexity index is 256. The number of aliphatic hydroxyl groups is 1. The molecule has 1 rings (SSSR count). The molecule has 0 aliphatic rings. The van der Waals surface area contributed by atoms with Gasteiger partial charge in [-0.2, -0.15) is 4.37 Å². The van der Waals surface area contributed by atoms with Crippen molar-refractivity contribution in [3.8, 4) is 5.88 Å². The Labute approximate surface area is 93.8 Å². The third-order valence-electron chi connectivity index (χ3n) is 2.08. The van der Waals surface area contributed by atoms with Gasteiger partial charge in [-0.1, -0.05) is 6.92 Å². The maximum Gasteiger partial charge on any atom is 0.245 e. The second-order valence-electron chi connectivity index (χ2n) is 3.43. The van der Waals surface area contributed by atoms with Crippen LogP contribution in [-0.4, -0.2) is 39.2 Å². The lowest BCUT2D eigenvalue weighted by atomic mass is 10.2. The van der Waals surface area contributed by atoms with E-state index >= 15 is 0 Å². The summed E-state index contributed by atoms with van der Waals surface area (Å²) in [5.74, 6) is 0.475. The number of hydrogen-bond donors (Lipinski definition) is 2. The van der Waals surface area contributed by atoms with Crippen LogP contribution in [0.5, 0.6) is 5.88 Å². The van der Waals surface area contributed by atoms with Crippen LogP contribution in [0.4, 0.5) is 0 Å². The molecule has 0 saturated carbocycles. The predicted octanol–water partition coefficient (Wildman–Crippen LogP) is 0.666. The molecule has 86 valence electrons. The highest BCUT2D eigenvalue weighted by molar-refractivity contribution is 6.99. The predicted molar refractivity (Wildman–Crippen MR) is 59.2 cm³/mol. The molecule has 0 spiro atoms. The first-order chi connectivity index (χ1) is 7.22. The topological polar surface area (TPSA) is 67.3 Å². The fourth-order valence-electron chi connectivity index (χ4n) is 0.942. The van der Waals surface area contributed by atoms with Crippen molar-refractivity contribution < 1.29 is 9.84 Å². The van der Waals surface area contributed by atoms with Gasteiger partial charge < -0.3 is 15.2 Å². The van der Waals surface area contributed by atoms with Crippen molar-refractivity contribution >= 4 is 11.7 Å². The van der Waals surface area contributed by atoms with Crippen molar-refractivity contribution in [3.63, 3.8) is 0 Å². The highest BCUT2D eigenvalue weighted by Crippen LogP contribution is 2.05. The summed E-state index contributed by atoms with van der Waals surface area (Å²) in [6.07, 6.45) is 2.07. The number of aliphatic hydroxyl groups excluding tert-OH is 1. The number of nitrogens with zero attached hydrogens (tertiary/aromatic N) is 2. The summed E-state index contributed by atoms with van der Waals surface area (Å²) in [5, 5.41) is 12.8. The van der Waals surface area contributed by atoms with Gasteiger partial charge in [0.15, 0.2) is 0 Å². The van der Waals surface area contributed by atoms with Crippen molar-refractivity contribution in [3.05, 3.63) is 6.20 Å². The molecule has 5 nitrogen and oxygen atoms in total. The SMILES string of the molecule is CCC(C)NCC(O)COc1cnsn1. The minimum atomic E-state index is -0.513. The van der Waals surface area contributed by atoms with Crippen molar-refractivity contribution in [2.45, 2.75) is 32.4 Å². The van der Waals surface area contributed by atoms with E-state index in [2.05, 4.69) is 27.9 Å². The number of ether oxygens (including phenoxy) is 1. The summed E-state index contributed by atoms with van der Waals surface area (Å²) in [6.45, 7) is 4.96. The first-order valence-electron chi connectivity index (χ1n) is 5.04. The smallest absolute Gasteiger partial charge is 0.245 e. The van der Waals surface area contributed by atoms with Gasteiger partial charge in [-0.15, -0.1) is 4.37 Å². The third kappa shape index (κ3) is 5.06. The van der Waals surface area contributed by atoms with Gasteiger partial charge in [0.25, 0.3) is 0 Å². The van der Waals surface area contributed by atoms with Gasteiger partial charge in [-0.05, 0) is 13.3 Å². The maximum absolute atomic E-state index is 9.56. The number of nitrogens with one attached hydrogen (secondary N) is 1. The highest BCUT2D eigenvalue weighted by Gasteiger charge is 2.07. The van der Waals surface area contributed by atoms with Gasteiger partial charge in [-0.25, -0.2) is 0 Å². The van der Waals surface area contributed by atoms with Crippen LogP contribution < -0.4 is 10.1 Å². The minimum Gasteiger partial charge on any atom is -0.473 e. The molecule has 0 aliphatic carbocycles. The molecular formula is C9H17N3O2S. The molecule has 6 heteroatoms. The Hall–Kier alpha value is -0.720. The van der Waals surface area contributed by atoms with Crippen LogP contribution in [0.3, 0.4) is 0 Å².